The van der Waals surface area contributed by atoms with E-state index in [1.807, 2.05) is 0 Å². The lowest BCUT2D eigenvalue weighted by Gasteiger charge is -2.16. The summed E-state index contributed by atoms with van der Waals surface area (Å²) in [5.74, 6) is 2.14. The molecular formula is C50H72O2S4. The Morgan fingerprint density at radius 2 is 0.929 bits per heavy atom. The number of carbonyl (C=O) groups excluding carboxylic acids is 2. The standard InChI is InChI=1S/C50H72O2S4/c1-7-13-18-20-25-36(23-16-10-4)27-38-30-42(53-33-38)49-44-45(47(52)48-41(46(44)51)32-40(55-48)29-35(12-6)22-15-9-3)50(56-49)43-31-39(34-54-43)28-37(24-17-11-5)26-21-19-14-8-2/h30-37H,7-29H2,1-6H3. The van der Waals surface area contributed by atoms with Crippen molar-refractivity contribution in [2.24, 2.45) is 17.8 Å². The molecule has 0 saturated carbocycles. The van der Waals surface area contributed by atoms with Crippen LogP contribution in [-0.4, -0.2) is 11.6 Å². The largest absolute Gasteiger partial charge is 0.288 e. The maximum atomic E-state index is 14.8. The summed E-state index contributed by atoms with van der Waals surface area (Å²) in [7, 11) is 0. The molecule has 4 aromatic heterocycles. The smallest absolute Gasteiger partial charge is 0.205 e. The second-order valence-electron chi connectivity index (χ2n) is 17.0. The van der Waals surface area contributed by atoms with Gasteiger partial charge in [0.2, 0.25) is 5.78 Å². The Bertz CT molecular complexity index is 1660. The van der Waals surface area contributed by atoms with E-state index in [4.69, 9.17) is 0 Å². The van der Waals surface area contributed by atoms with Crippen LogP contribution in [-0.2, 0) is 19.3 Å². The van der Waals surface area contributed by atoms with E-state index in [1.54, 1.807) is 45.3 Å². The van der Waals surface area contributed by atoms with E-state index < -0.39 is 0 Å². The van der Waals surface area contributed by atoms with Crippen LogP contribution in [0.15, 0.2) is 29.0 Å². The quantitative estimate of drug-likeness (QED) is 0.0471. The molecule has 0 N–H and O–H groups in total. The zero-order valence-corrected chi connectivity index (χ0v) is 39.1. The SMILES string of the molecule is CCCCCCC(CCCC)Cc1csc(-c2sc(-c3cc(CC(CCCC)CCCCCC)cs3)c3c2C(=O)c2cc(CC(CC)CCCC)sc2C3=O)c1. The van der Waals surface area contributed by atoms with E-state index in [9.17, 15) is 9.59 Å². The molecule has 0 aliphatic heterocycles. The molecule has 5 rings (SSSR count). The first-order valence-electron chi connectivity index (χ1n) is 22.9. The van der Waals surface area contributed by atoms with Gasteiger partial charge >= 0.3 is 0 Å². The summed E-state index contributed by atoms with van der Waals surface area (Å²) in [6.45, 7) is 13.7. The Morgan fingerprint density at radius 1 is 0.464 bits per heavy atom. The molecule has 6 heteroatoms. The second kappa shape index (κ2) is 23.7. The first-order chi connectivity index (χ1) is 27.3. The monoisotopic (exact) mass is 832 g/mol. The predicted octanol–water partition coefficient (Wildman–Crippen LogP) is 17.4. The van der Waals surface area contributed by atoms with Gasteiger partial charge in [0.1, 0.15) is 0 Å². The van der Waals surface area contributed by atoms with Gasteiger partial charge in [-0.15, -0.1) is 45.3 Å². The molecule has 1 aliphatic carbocycles. The molecule has 3 atom stereocenters. The van der Waals surface area contributed by atoms with Crippen LogP contribution in [0, 0.1) is 17.8 Å². The average molecular weight is 833 g/mol. The summed E-state index contributed by atoms with van der Waals surface area (Å²) in [6, 6.07) is 6.83. The summed E-state index contributed by atoms with van der Waals surface area (Å²) >= 11 is 6.85. The molecule has 0 fully saturated rings. The van der Waals surface area contributed by atoms with Crippen molar-refractivity contribution in [2.75, 3.05) is 0 Å². The minimum absolute atomic E-state index is 0.0615. The number of carbonyl (C=O) groups is 2. The normalized spacial score (nSPS) is 14.3. The highest BCUT2D eigenvalue weighted by Crippen LogP contribution is 2.50. The van der Waals surface area contributed by atoms with Gasteiger partial charge in [-0.25, -0.2) is 0 Å². The van der Waals surface area contributed by atoms with Crippen molar-refractivity contribution in [1.82, 2.24) is 0 Å². The number of hydrogen-bond donors (Lipinski definition) is 0. The minimum atomic E-state index is 0.0615. The number of rotatable bonds is 28. The lowest BCUT2D eigenvalue weighted by molar-refractivity contribution is 0.0984. The van der Waals surface area contributed by atoms with Gasteiger partial charge in [-0.05, 0) is 77.1 Å². The van der Waals surface area contributed by atoms with Crippen LogP contribution in [0.2, 0.25) is 0 Å². The maximum absolute atomic E-state index is 14.8. The highest BCUT2D eigenvalue weighted by molar-refractivity contribution is 7.27. The molecule has 0 bridgehead atoms. The van der Waals surface area contributed by atoms with Crippen LogP contribution in [0.5, 0.6) is 0 Å². The van der Waals surface area contributed by atoms with Crippen molar-refractivity contribution in [1.29, 1.82) is 0 Å². The highest BCUT2D eigenvalue weighted by Gasteiger charge is 2.39. The highest BCUT2D eigenvalue weighted by atomic mass is 32.1. The Balaban J connectivity index is 1.49. The van der Waals surface area contributed by atoms with E-state index >= 15 is 0 Å². The van der Waals surface area contributed by atoms with Crippen LogP contribution in [0.1, 0.15) is 217 Å². The second-order valence-corrected chi connectivity index (χ2v) is 21.0. The molecule has 0 radical (unpaired) electrons. The summed E-state index contributed by atoms with van der Waals surface area (Å²) in [4.78, 5) is 35.8. The van der Waals surface area contributed by atoms with Crippen LogP contribution in [0.25, 0.3) is 19.5 Å². The van der Waals surface area contributed by atoms with Crippen LogP contribution in [0.3, 0.4) is 0 Å². The van der Waals surface area contributed by atoms with Crippen molar-refractivity contribution in [3.63, 3.8) is 0 Å². The fourth-order valence-electron chi connectivity index (χ4n) is 8.84. The fraction of sp³-hybridized carbons (Fsp3) is 0.640. The van der Waals surface area contributed by atoms with Crippen molar-refractivity contribution < 1.29 is 9.59 Å². The Kier molecular flexibility index (Phi) is 19.1. The van der Waals surface area contributed by atoms with Crippen LogP contribution < -0.4 is 0 Å². The molecular weight excluding hydrogens is 761 g/mol. The van der Waals surface area contributed by atoms with Crippen molar-refractivity contribution in [3.05, 3.63) is 66.5 Å². The molecule has 0 amide bonds. The zero-order valence-electron chi connectivity index (χ0n) is 35.8. The summed E-state index contributed by atoms with van der Waals surface area (Å²) in [5.41, 5.74) is 4.79. The van der Waals surface area contributed by atoms with E-state index in [0.29, 0.717) is 39.3 Å². The van der Waals surface area contributed by atoms with Gasteiger partial charge in [-0.3, -0.25) is 9.59 Å². The van der Waals surface area contributed by atoms with Crippen molar-refractivity contribution in [3.8, 4) is 19.5 Å². The average Bonchev–Trinajstić information content (AvgIpc) is 4.03. The number of ketones is 2. The van der Waals surface area contributed by atoms with Gasteiger partial charge in [0.05, 0.1) is 25.8 Å². The fourth-order valence-corrected chi connectivity index (χ4v) is 13.5. The molecule has 2 nitrogen and oxygen atoms in total. The van der Waals surface area contributed by atoms with E-state index in [-0.39, 0.29) is 11.6 Å². The van der Waals surface area contributed by atoms with Gasteiger partial charge in [-0.1, -0.05) is 170 Å². The third-order valence-corrected chi connectivity index (χ3v) is 17.0. The van der Waals surface area contributed by atoms with Crippen molar-refractivity contribution >= 4 is 56.9 Å². The van der Waals surface area contributed by atoms with Gasteiger partial charge in [0, 0.05) is 20.2 Å². The van der Waals surface area contributed by atoms with Gasteiger partial charge in [0.15, 0.2) is 5.78 Å². The predicted molar refractivity (Wildman–Crippen MR) is 250 cm³/mol. The Hall–Kier alpha value is -1.86. The number of thiophene rings is 4. The van der Waals surface area contributed by atoms with Crippen LogP contribution in [0.4, 0.5) is 0 Å². The zero-order chi connectivity index (χ0) is 39.9. The summed E-state index contributed by atoms with van der Waals surface area (Å²) in [5, 5.41) is 4.69. The van der Waals surface area contributed by atoms with Gasteiger partial charge in [0.25, 0.3) is 0 Å². The molecule has 3 unspecified atom stereocenters. The maximum Gasteiger partial charge on any atom is 0.205 e. The molecule has 0 aromatic carbocycles. The van der Waals surface area contributed by atoms with Gasteiger partial charge in [-0.2, -0.15) is 0 Å². The molecule has 0 saturated heterocycles. The number of hydrogen-bond acceptors (Lipinski definition) is 6. The third-order valence-electron chi connectivity index (χ3n) is 12.3. The number of unbranched alkanes of at least 4 members (excludes halogenated alkanes) is 9. The van der Waals surface area contributed by atoms with Crippen LogP contribution >= 0.6 is 45.3 Å². The molecule has 56 heavy (non-hydrogen) atoms. The van der Waals surface area contributed by atoms with Gasteiger partial charge < -0.3 is 0 Å². The minimum Gasteiger partial charge on any atom is -0.288 e. The van der Waals surface area contributed by atoms with E-state index in [2.05, 4.69) is 70.5 Å². The lowest BCUT2D eigenvalue weighted by Crippen LogP contribution is -2.18. The lowest BCUT2D eigenvalue weighted by atomic mass is 9.87. The first-order valence-corrected chi connectivity index (χ1v) is 26.3. The molecule has 308 valence electrons. The third kappa shape index (κ3) is 12.1. The Labute approximate surface area is 357 Å². The van der Waals surface area contributed by atoms with Crippen molar-refractivity contribution in [2.45, 2.75) is 189 Å². The molecule has 1 aliphatic rings. The molecule has 4 heterocycles. The summed E-state index contributed by atoms with van der Waals surface area (Å²) in [6.07, 6.45) is 28.7. The summed E-state index contributed by atoms with van der Waals surface area (Å²) < 4.78 is 0. The topological polar surface area (TPSA) is 34.1 Å². The molecule has 4 aromatic rings. The van der Waals surface area contributed by atoms with E-state index in [1.165, 1.54) is 138 Å². The Morgan fingerprint density at radius 3 is 1.41 bits per heavy atom. The number of fused-ring (bicyclic) bond motifs is 2. The van der Waals surface area contributed by atoms with E-state index in [0.717, 1.165) is 45.2 Å². The molecule has 0 spiro atoms. The first kappa shape index (κ1) is 45.2.